The molecule has 158 valence electrons. The van der Waals surface area contributed by atoms with E-state index in [4.69, 9.17) is 20.6 Å². The van der Waals surface area contributed by atoms with Crippen molar-refractivity contribution in [3.63, 3.8) is 0 Å². The van der Waals surface area contributed by atoms with Gasteiger partial charge in [0.05, 0.1) is 25.9 Å². The van der Waals surface area contributed by atoms with Gasteiger partial charge in [-0.05, 0) is 49.5 Å². The topological polar surface area (TPSA) is 68.2 Å². The first-order chi connectivity index (χ1) is 13.8. The standard InChI is InChI=1S/C24H32O5/c1-6-20(25)13-24(26)18(4)7-12-22(17(2)3)23(24)15-29-16-28-14-19-8-10-21(27-5)11-9-19/h1,7-11,20,22-23,25-26H,2,12-16H2,3-5H3/t20?,22-,23-,24-/m0/s1. The molecule has 1 unspecified atom stereocenters. The van der Waals surface area contributed by atoms with Crippen LogP contribution in [0.15, 0.2) is 48.1 Å². The molecule has 1 aliphatic carbocycles. The van der Waals surface area contributed by atoms with Crippen molar-refractivity contribution in [1.82, 2.24) is 0 Å². The fourth-order valence-corrected chi connectivity index (χ4v) is 3.85. The normalized spacial score (nSPS) is 25.0. The van der Waals surface area contributed by atoms with Crippen LogP contribution in [-0.4, -0.2) is 42.4 Å². The zero-order chi connectivity index (χ0) is 21.4. The molecule has 0 aromatic heterocycles. The Morgan fingerprint density at radius 2 is 2.03 bits per heavy atom. The summed E-state index contributed by atoms with van der Waals surface area (Å²) in [7, 11) is 1.63. The van der Waals surface area contributed by atoms with Gasteiger partial charge >= 0.3 is 0 Å². The maximum Gasteiger partial charge on any atom is 0.147 e. The largest absolute Gasteiger partial charge is 0.497 e. The first kappa shape index (κ1) is 23.2. The monoisotopic (exact) mass is 400 g/mol. The number of hydrogen-bond acceptors (Lipinski definition) is 5. The van der Waals surface area contributed by atoms with Crippen LogP contribution in [0.25, 0.3) is 0 Å². The molecule has 0 amide bonds. The number of rotatable bonds is 10. The van der Waals surface area contributed by atoms with Crippen LogP contribution < -0.4 is 4.74 Å². The summed E-state index contributed by atoms with van der Waals surface area (Å²) in [5.74, 6) is 2.86. The molecule has 0 saturated carbocycles. The van der Waals surface area contributed by atoms with Crippen molar-refractivity contribution in [2.45, 2.75) is 45.0 Å². The van der Waals surface area contributed by atoms with Gasteiger partial charge in [-0.3, -0.25) is 0 Å². The zero-order valence-electron chi connectivity index (χ0n) is 17.6. The zero-order valence-corrected chi connectivity index (χ0v) is 17.6. The molecule has 0 heterocycles. The fourth-order valence-electron chi connectivity index (χ4n) is 3.85. The molecule has 5 heteroatoms. The van der Waals surface area contributed by atoms with Crippen molar-refractivity contribution >= 4 is 0 Å². The first-order valence-corrected chi connectivity index (χ1v) is 9.79. The minimum Gasteiger partial charge on any atom is -0.497 e. The van der Waals surface area contributed by atoms with Crippen molar-refractivity contribution in [2.24, 2.45) is 11.8 Å². The summed E-state index contributed by atoms with van der Waals surface area (Å²) in [6.07, 6.45) is 7.15. The van der Waals surface area contributed by atoms with Crippen LogP contribution in [0.2, 0.25) is 0 Å². The summed E-state index contributed by atoms with van der Waals surface area (Å²) in [6.45, 7) is 8.68. The Kier molecular flexibility index (Phi) is 8.48. The molecule has 0 fully saturated rings. The van der Waals surface area contributed by atoms with Gasteiger partial charge in [0.2, 0.25) is 0 Å². The van der Waals surface area contributed by atoms with E-state index in [-0.39, 0.29) is 31.7 Å². The van der Waals surface area contributed by atoms with Gasteiger partial charge in [-0.2, -0.15) is 0 Å². The van der Waals surface area contributed by atoms with Crippen molar-refractivity contribution in [1.29, 1.82) is 0 Å². The number of aliphatic hydroxyl groups excluding tert-OH is 1. The third-order valence-corrected chi connectivity index (χ3v) is 5.68. The second-order valence-electron chi connectivity index (χ2n) is 7.68. The number of terminal acetylenes is 1. The minimum atomic E-state index is -1.25. The number of ether oxygens (including phenoxy) is 3. The molecule has 1 aromatic carbocycles. The molecular weight excluding hydrogens is 368 g/mol. The van der Waals surface area contributed by atoms with Crippen LogP contribution in [0.1, 0.15) is 32.3 Å². The SMILES string of the molecule is C#CC(O)C[C@]1(O)C(C)=CC[C@@H](C(=C)C)[C@@H]1COCOCc1ccc(OC)cc1. The van der Waals surface area contributed by atoms with Gasteiger partial charge in [0.1, 0.15) is 18.6 Å². The Morgan fingerprint density at radius 1 is 1.34 bits per heavy atom. The van der Waals surface area contributed by atoms with Crippen molar-refractivity contribution in [3.8, 4) is 18.1 Å². The van der Waals surface area contributed by atoms with Crippen LogP contribution >= 0.6 is 0 Å². The van der Waals surface area contributed by atoms with Gasteiger partial charge < -0.3 is 24.4 Å². The van der Waals surface area contributed by atoms with E-state index >= 15 is 0 Å². The summed E-state index contributed by atoms with van der Waals surface area (Å²) in [6, 6.07) is 7.63. The summed E-state index contributed by atoms with van der Waals surface area (Å²) in [4.78, 5) is 0. The van der Waals surface area contributed by atoms with Crippen molar-refractivity contribution in [3.05, 3.63) is 53.6 Å². The Balaban J connectivity index is 1.97. The van der Waals surface area contributed by atoms with Gasteiger partial charge in [-0.1, -0.05) is 36.3 Å². The van der Waals surface area contributed by atoms with Crippen LogP contribution in [0, 0.1) is 24.2 Å². The minimum absolute atomic E-state index is 0.0373. The molecule has 0 aliphatic heterocycles. The number of methoxy groups -OCH3 is 1. The molecular formula is C24H32O5. The fraction of sp³-hybridized carbons (Fsp3) is 0.500. The van der Waals surface area contributed by atoms with E-state index in [1.165, 1.54) is 0 Å². The smallest absolute Gasteiger partial charge is 0.147 e. The van der Waals surface area contributed by atoms with E-state index in [2.05, 4.69) is 12.5 Å². The molecule has 0 radical (unpaired) electrons. The molecule has 5 nitrogen and oxygen atoms in total. The Morgan fingerprint density at radius 3 is 2.62 bits per heavy atom. The average Bonchev–Trinajstić information content (AvgIpc) is 2.71. The Labute approximate surface area is 174 Å². The highest BCUT2D eigenvalue weighted by molar-refractivity contribution is 5.27. The van der Waals surface area contributed by atoms with Gasteiger partial charge in [-0.25, -0.2) is 0 Å². The second-order valence-corrected chi connectivity index (χ2v) is 7.68. The summed E-state index contributed by atoms with van der Waals surface area (Å²) < 4.78 is 16.5. The van der Waals surface area contributed by atoms with Gasteiger partial charge in [0.25, 0.3) is 0 Å². The number of allylic oxidation sites excluding steroid dienone is 2. The van der Waals surface area contributed by atoms with Crippen molar-refractivity contribution < 1.29 is 24.4 Å². The highest BCUT2D eigenvalue weighted by Crippen LogP contribution is 2.43. The van der Waals surface area contributed by atoms with E-state index in [9.17, 15) is 10.2 Å². The summed E-state index contributed by atoms with van der Waals surface area (Å²) >= 11 is 0. The van der Waals surface area contributed by atoms with Crippen LogP contribution in [-0.2, 0) is 16.1 Å². The third-order valence-electron chi connectivity index (χ3n) is 5.68. The number of aliphatic hydroxyl groups is 2. The molecule has 29 heavy (non-hydrogen) atoms. The predicted octanol–water partition coefficient (Wildman–Crippen LogP) is 3.46. The van der Waals surface area contributed by atoms with Gasteiger partial charge in [0, 0.05) is 12.3 Å². The lowest BCUT2D eigenvalue weighted by molar-refractivity contribution is -0.116. The first-order valence-electron chi connectivity index (χ1n) is 9.79. The van der Waals surface area contributed by atoms with Crippen LogP contribution in [0.5, 0.6) is 5.75 Å². The number of benzene rings is 1. The second kappa shape index (κ2) is 10.6. The number of hydrogen-bond donors (Lipinski definition) is 2. The Hall–Kier alpha value is -2.10. The molecule has 2 rings (SSSR count). The molecule has 0 saturated heterocycles. The van der Waals surface area contributed by atoms with E-state index in [0.717, 1.165) is 28.9 Å². The van der Waals surface area contributed by atoms with E-state index < -0.39 is 11.7 Å². The lowest BCUT2D eigenvalue weighted by atomic mass is 9.65. The lowest BCUT2D eigenvalue weighted by Crippen LogP contribution is -2.50. The molecule has 1 aromatic rings. The Bertz CT molecular complexity index is 746. The summed E-state index contributed by atoms with van der Waals surface area (Å²) in [5.41, 5.74) is 1.54. The summed E-state index contributed by atoms with van der Waals surface area (Å²) in [5, 5.41) is 21.4. The van der Waals surface area contributed by atoms with E-state index in [1.54, 1.807) is 7.11 Å². The maximum absolute atomic E-state index is 11.4. The molecule has 1 aliphatic rings. The average molecular weight is 401 g/mol. The molecule has 2 N–H and O–H groups in total. The lowest BCUT2D eigenvalue weighted by Gasteiger charge is -2.45. The molecule has 4 atom stereocenters. The van der Waals surface area contributed by atoms with Crippen LogP contribution in [0.4, 0.5) is 0 Å². The highest BCUT2D eigenvalue weighted by Gasteiger charge is 2.46. The van der Waals surface area contributed by atoms with E-state index in [0.29, 0.717) is 6.61 Å². The van der Waals surface area contributed by atoms with E-state index in [1.807, 2.05) is 44.2 Å². The molecule has 0 spiro atoms. The predicted molar refractivity (Wildman–Crippen MR) is 113 cm³/mol. The highest BCUT2D eigenvalue weighted by atomic mass is 16.7. The van der Waals surface area contributed by atoms with Crippen molar-refractivity contribution in [2.75, 3.05) is 20.5 Å². The maximum atomic E-state index is 11.4. The quantitative estimate of drug-likeness (QED) is 0.272. The molecule has 0 bridgehead atoms. The van der Waals surface area contributed by atoms with Crippen LogP contribution in [0.3, 0.4) is 0 Å². The third kappa shape index (κ3) is 5.94. The van der Waals surface area contributed by atoms with Gasteiger partial charge in [-0.15, -0.1) is 6.42 Å². The van der Waals surface area contributed by atoms with Gasteiger partial charge in [0.15, 0.2) is 0 Å².